The molecular weight excluding hydrogens is 340 g/mol. The maximum absolute atomic E-state index is 13.0. The summed E-state index contributed by atoms with van der Waals surface area (Å²) in [5.41, 5.74) is 2.65. The molecule has 2 amide bonds. The zero-order valence-electron chi connectivity index (χ0n) is 14.8. The van der Waals surface area contributed by atoms with Gasteiger partial charge in [-0.1, -0.05) is 17.7 Å². The number of hydrogen-bond acceptors (Lipinski definition) is 7. The van der Waals surface area contributed by atoms with Crippen molar-refractivity contribution < 1.29 is 19.1 Å². The van der Waals surface area contributed by atoms with Crippen LogP contribution in [0.4, 0.5) is 5.69 Å². The van der Waals surface area contributed by atoms with Crippen molar-refractivity contribution in [2.24, 2.45) is 16.3 Å². The lowest BCUT2D eigenvalue weighted by molar-refractivity contribution is -0.136. The molecule has 2 atom stereocenters. The van der Waals surface area contributed by atoms with E-state index in [2.05, 4.69) is 10.4 Å². The van der Waals surface area contributed by atoms with E-state index in [4.69, 9.17) is 4.74 Å². The van der Waals surface area contributed by atoms with Gasteiger partial charge in [0.05, 0.1) is 17.6 Å². The van der Waals surface area contributed by atoms with Crippen molar-refractivity contribution in [1.29, 1.82) is 0 Å². The van der Waals surface area contributed by atoms with E-state index < -0.39 is 29.7 Å². The first kappa shape index (κ1) is 17.7. The predicted molar refractivity (Wildman–Crippen MR) is 92.1 cm³/mol. The molecule has 9 heteroatoms. The Hall–Kier alpha value is -3.10. The number of carbonyl (C=O) groups is 3. The smallest absolute Gasteiger partial charge is 0.355 e. The number of hydrazone groups is 1. The van der Waals surface area contributed by atoms with Crippen LogP contribution in [-0.2, 0) is 19.1 Å². The molecule has 1 fully saturated rings. The Bertz CT molecular complexity index is 840. The summed E-state index contributed by atoms with van der Waals surface area (Å²) in [7, 11) is 0. The van der Waals surface area contributed by atoms with E-state index in [9.17, 15) is 19.3 Å². The fourth-order valence-electron chi connectivity index (χ4n) is 3.58. The van der Waals surface area contributed by atoms with Crippen LogP contribution < -0.4 is 4.90 Å². The largest absolute Gasteiger partial charge is 0.461 e. The Balaban J connectivity index is 2.08. The molecule has 1 saturated heterocycles. The summed E-state index contributed by atoms with van der Waals surface area (Å²) in [6, 6.07) is 2.44. The van der Waals surface area contributed by atoms with Gasteiger partial charge in [0.25, 0.3) is 5.91 Å². The SMILES string of the molecule is CCOC(=O)C1=NN(N=O)[C@H]2C(=O)N(c3c(C)cc(C)cc3C)C(=O)[C@H]12. The summed E-state index contributed by atoms with van der Waals surface area (Å²) in [5.74, 6) is -3.31. The number of hydrogen-bond donors (Lipinski definition) is 0. The van der Waals surface area contributed by atoms with Gasteiger partial charge in [0.2, 0.25) is 5.91 Å². The van der Waals surface area contributed by atoms with E-state index in [1.807, 2.05) is 19.1 Å². The average Bonchev–Trinajstić information content (AvgIpc) is 3.06. The summed E-state index contributed by atoms with van der Waals surface area (Å²) in [6.07, 6.45) is 0. The zero-order chi connectivity index (χ0) is 19.2. The summed E-state index contributed by atoms with van der Waals surface area (Å²) in [4.78, 5) is 50.2. The molecule has 1 aromatic rings. The van der Waals surface area contributed by atoms with Gasteiger partial charge in [0.15, 0.2) is 11.8 Å². The first-order valence-electron chi connectivity index (χ1n) is 8.15. The third kappa shape index (κ3) is 2.47. The molecule has 26 heavy (non-hydrogen) atoms. The molecule has 1 aromatic carbocycles. The molecule has 0 aliphatic carbocycles. The monoisotopic (exact) mass is 358 g/mol. The molecule has 0 bridgehead atoms. The summed E-state index contributed by atoms with van der Waals surface area (Å²) < 4.78 is 4.89. The molecule has 0 radical (unpaired) electrons. The van der Waals surface area contributed by atoms with Crippen LogP contribution in [0.15, 0.2) is 22.5 Å². The van der Waals surface area contributed by atoms with E-state index >= 15 is 0 Å². The normalized spacial score (nSPS) is 21.8. The van der Waals surface area contributed by atoms with Gasteiger partial charge in [-0.05, 0) is 38.8 Å². The number of aryl methyl sites for hydroxylation is 3. The van der Waals surface area contributed by atoms with Crippen LogP contribution in [0.1, 0.15) is 23.6 Å². The average molecular weight is 358 g/mol. The lowest BCUT2D eigenvalue weighted by Crippen LogP contribution is -2.37. The molecule has 0 N–H and O–H groups in total. The highest BCUT2D eigenvalue weighted by atomic mass is 16.5. The summed E-state index contributed by atoms with van der Waals surface area (Å²) in [5, 5.41) is 6.99. The van der Waals surface area contributed by atoms with Crippen molar-refractivity contribution in [1.82, 2.24) is 5.12 Å². The molecule has 0 spiro atoms. The number of nitrogens with zero attached hydrogens (tertiary/aromatic N) is 4. The van der Waals surface area contributed by atoms with E-state index in [-0.39, 0.29) is 12.3 Å². The minimum atomic E-state index is -1.26. The number of carbonyl (C=O) groups excluding carboxylic acids is 3. The third-order valence-corrected chi connectivity index (χ3v) is 4.46. The Labute approximate surface area is 149 Å². The van der Waals surface area contributed by atoms with Crippen LogP contribution in [0.25, 0.3) is 0 Å². The lowest BCUT2D eigenvalue weighted by atomic mass is 9.98. The zero-order valence-corrected chi connectivity index (χ0v) is 14.8. The first-order chi connectivity index (χ1) is 12.3. The van der Waals surface area contributed by atoms with Gasteiger partial charge in [0, 0.05) is 0 Å². The minimum absolute atomic E-state index is 0.0752. The Morgan fingerprint density at radius 1 is 1.19 bits per heavy atom. The van der Waals surface area contributed by atoms with Crippen LogP contribution in [0.5, 0.6) is 0 Å². The fraction of sp³-hybridized carbons (Fsp3) is 0.412. The van der Waals surface area contributed by atoms with Gasteiger partial charge in [-0.3, -0.25) is 9.59 Å². The molecule has 136 valence electrons. The van der Waals surface area contributed by atoms with Gasteiger partial charge in [-0.15, -0.1) is 15.1 Å². The predicted octanol–water partition coefficient (Wildman–Crippen LogP) is 1.39. The molecular formula is C17H18N4O5. The van der Waals surface area contributed by atoms with Crippen LogP contribution in [0.3, 0.4) is 0 Å². The molecule has 0 saturated carbocycles. The molecule has 0 unspecified atom stereocenters. The van der Waals surface area contributed by atoms with Gasteiger partial charge in [-0.25, -0.2) is 9.69 Å². The van der Waals surface area contributed by atoms with E-state index in [0.717, 1.165) is 21.6 Å². The van der Waals surface area contributed by atoms with Crippen LogP contribution in [0.2, 0.25) is 0 Å². The number of imide groups is 1. The number of esters is 1. The second kappa shape index (κ2) is 6.32. The Morgan fingerprint density at radius 2 is 1.81 bits per heavy atom. The van der Waals surface area contributed by atoms with Gasteiger partial charge in [-0.2, -0.15) is 0 Å². The minimum Gasteiger partial charge on any atom is -0.461 e. The Kier molecular flexibility index (Phi) is 4.31. The van der Waals surface area contributed by atoms with Crippen molar-refractivity contribution in [2.45, 2.75) is 33.7 Å². The van der Waals surface area contributed by atoms with Crippen LogP contribution in [0, 0.1) is 31.6 Å². The van der Waals surface area contributed by atoms with Crippen molar-refractivity contribution in [2.75, 3.05) is 11.5 Å². The maximum Gasteiger partial charge on any atom is 0.355 e. The van der Waals surface area contributed by atoms with E-state index in [1.165, 1.54) is 0 Å². The van der Waals surface area contributed by atoms with E-state index in [1.54, 1.807) is 20.8 Å². The highest BCUT2D eigenvalue weighted by Crippen LogP contribution is 2.38. The number of rotatable bonds is 4. The molecule has 2 heterocycles. The first-order valence-corrected chi connectivity index (χ1v) is 8.15. The summed E-state index contributed by atoms with van der Waals surface area (Å²) >= 11 is 0. The van der Waals surface area contributed by atoms with Crippen molar-refractivity contribution in [3.63, 3.8) is 0 Å². The standard InChI is InChI=1S/C17H18N4O5/c1-5-26-17(24)12-11-14(21(18-12)19-25)16(23)20(15(11)22)13-9(3)6-8(2)7-10(13)4/h6-7,11,14H,5H2,1-4H3/t11-,14-/m1/s1. The van der Waals surface area contributed by atoms with Crippen LogP contribution in [-0.4, -0.2) is 41.3 Å². The van der Waals surface area contributed by atoms with E-state index in [0.29, 0.717) is 10.8 Å². The lowest BCUT2D eigenvalue weighted by Gasteiger charge is -2.21. The number of benzene rings is 1. The molecule has 2 aliphatic heterocycles. The molecule has 0 aromatic heterocycles. The third-order valence-electron chi connectivity index (χ3n) is 4.46. The fourth-order valence-corrected chi connectivity index (χ4v) is 3.58. The Morgan fingerprint density at radius 3 is 2.35 bits per heavy atom. The number of nitroso groups, excluding NO2 is 1. The van der Waals surface area contributed by atoms with Crippen LogP contribution >= 0.6 is 0 Å². The van der Waals surface area contributed by atoms with Gasteiger partial charge >= 0.3 is 5.97 Å². The van der Waals surface area contributed by atoms with Gasteiger partial charge in [0.1, 0.15) is 5.92 Å². The van der Waals surface area contributed by atoms with Crippen molar-refractivity contribution in [3.05, 3.63) is 33.7 Å². The molecule has 2 aliphatic rings. The maximum atomic E-state index is 13.0. The van der Waals surface area contributed by atoms with Crippen molar-refractivity contribution >= 4 is 29.2 Å². The number of amides is 2. The molecule has 3 rings (SSSR count). The number of fused-ring (bicyclic) bond motifs is 1. The van der Waals surface area contributed by atoms with Gasteiger partial charge < -0.3 is 4.74 Å². The highest BCUT2D eigenvalue weighted by molar-refractivity contribution is 6.46. The second-order valence-corrected chi connectivity index (χ2v) is 6.29. The topological polar surface area (TPSA) is 109 Å². The molecule has 9 nitrogen and oxygen atoms in total. The second-order valence-electron chi connectivity index (χ2n) is 6.29. The summed E-state index contributed by atoms with van der Waals surface area (Å²) in [6.45, 7) is 7.18. The number of anilines is 1. The van der Waals surface area contributed by atoms with Crippen molar-refractivity contribution in [3.8, 4) is 0 Å². The number of ether oxygens (including phenoxy) is 1. The quantitative estimate of drug-likeness (QED) is 0.457. The highest BCUT2D eigenvalue weighted by Gasteiger charge is 2.60.